The summed E-state index contributed by atoms with van der Waals surface area (Å²) in [4.78, 5) is 33.1. The molecular weight excluding hydrogens is 504 g/mol. The second-order valence-electron chi connectivity index (χ2n) is 9.55. The van der Waals surface area contributed by atoms with Gasteiger partial charge in [0.25, 0.3) is 5.91 Å². The lowest BCUT2D eigenvalue weighted by Crippen LogP contribution is -2.35. The number of aryl methyl sites for hydroxylation is 3. The molecule has 0 spiro atoms. The molecule has 4 aromatic rings. The molecule has 0 aliphatic carbocycles. The van der Waals surface area contributed by atoms with E-state index in [2.05, 4.69) is 26.4 Å². The largest absolute Gasteiger partial charge is 0.379 e. The first-order valence-corrected chi connectivity index (χ1v) is 13.2. The zero-order valence-corrected chi connectivity index (χ0v) is 22.2. The maximum absolute atomic E-state index is 13.6. The molecule has 0 saturated carbocycles. The van der Waals surface area contributed by atoms with Crippen LogP contribution in [0.15, 0.2) is 59.9 Å². The predicted molar refractivity (Wildman–Crippen MR) is 146 cm³/mol. The molecule has 2 aromatic carbocycles. The van der Waals surface area contributed by atoms with E-state index >= 15 is 0 Å². The van der Waals surface area contributed by atoms with Crippen molar-refractivity contribution in [3.63, 3.8) is 0 Å². The van der Waals surface area contributed by atoms with Crippen LogP contribution in [0.1, 0.15) is 33.6 Å². The van der Waals surface area contributed by atoms with Crippen LogP contribution in [-0.4, -0.2) is 56.4 Å². The van der Waals surface area contributed by atoms with Crippen molar-refractivity contribution in [3.05, 3.63) is 92.7 Å². The Morgan fingerprint density at radius 3 is 2.66 bits per heavy atom. The van der Waals surface area contributed by atoms with Crippen LogP contribution >= 0.6 is 11.6 Å². The van der Waals surface area contributed by atoms with Gasteiger partial charge in [-0.05, 0) is 47.7 Å². The van der Waals surface area contributed by atoms with Crippen molar-refractivity contribution in [2.24, 2.45) is 7.05 Å². The van der Waals surface area contributed by atoms with E-state index in [1.54, 1.807) is 36.4 Å². The summed E-state index contributed by atoms with van der Waals surface area (Å²) < 4.78 is 9.20. The number of carbonyl (C=O) groups is 1. The third-order valence-corrected chi connectivity index (χ3v) is 7.05. The summed E-state index contributed by atoms with van der Waals surface area (Å²) in [5.74, 6) is -0.498. The second-order valence-corrected chi connectivity index (χ2v) is 9.99. The molecule has 0 atom stereocenters. The van der Waals surface area contributed by atoms with Crippen molar-refractivity contribution in [1.29, 1.82) is 0 Å². The fourth-order valence-electron chi connectivity index (χ4n) is 4.88. The van der Waals surface area contributed by atoms with Gasteiger partial charge in [0.15, 0.2) is 5.69 Å². The zero-order chi connectivity index (χ0) is 26.5. The Kier molecular flexibility index (Phi) is 8.17. The molecule has 1 fully saturated rings. The number of halogens is 1. The quantitative estimate of drug-likeness (QED) is 0.354. The highest BCUT2D eigenvalue weighted by Crippen LogP contribution is 2.22. The van der Waals surface area contributed by atoms with E-state index in [9.17, 15) is 9.59 Å². The zero-order valence-electron chi connectivity index (χ0n) is 21.4. The number of morpholine rings is 1. The molecule has 0 unspecified atom stereocenters. The minimum Gasteiger partial charge on any atom is -0.379 e. The number of fused-ring (bicyclic) bond motifs is 1. The topological polar surface area (TPSA) is 94.3 Å². The monoisotopic (exact) mass is 534 g/mol. The number of aromatic nitrogens is 4. The Bertz CT molecular complexity index is 1460. The summed E-state index contributed by atoms with van der Waals surface area (Å²) >= 11 is 5.95. The lowest BCUT2D eigenvalue weighted by molar-refractivity contribution is 0.0342. The normalized spacial score (nSPS) is 14.2. The molecule has 1 saturated heterocycles. The minimum absolute atomic E-state index is 0.109. The molecule has 38 heavy (non-hydrogen) atoms. The number of imidazole rings is 1. The highest BCUT2D eigenvalue weighted by Gasteiger charge is 2.20. The van der Waals surface area contributed by atoms with Crippen LogP contribution in [0.3, 0.4) is 0 Å². The van der Waals surface area contributed by atoms with Crippen LogP contribution in [0.4, 0.5) is 0 Å². The Labute approximate surface area is 226 Å². The third-order valence-electron chi connectivity index (χ3n) is 6.79. The summed E-state index contributed by atoms with van der Waals surface area (Å²) in [7, 11) is 1.79. The molecule has 198 valence electrons. The van der Waals surface area contributed by atoms with Crippen LogP contribution in [0.5, 0.6) is 0 Å². The SMILES string of the molecule is Cn1nc(C(=O)NCc2ccc(Cl)cc2)c(=O)c2cc(CN3CCOCC3)cc(CCCn3ccnc3)c21. The summed E-state index contributed by atoms with van der Waals surface area (Å²) in [6.07, 6.45) is 7.16. The summed E-state index contributed by atoms with van der Waals surface area (Å²) in [5.41, 5.74) is 3.28. The molecular formula is C28H31ClN6O3. The molecule has 10 heteroatoms. The van der Waals surface area contributed by atoms with Gasteiger partial charge in [-0.1, -0.05) is 29.8 Å². The highest BCUT2D eigenvalue weighted by molar-refractivity contribution is 6.30. The molecule has 1 aliphatic heterocycles. The number of hydrogen-bond acceptors (Lipinski definition) is 6. The Morgan fingerprint density at radius 2 is 1.92 bits per heavy atom. The lowest BCUT2D eigenvalue weighted by Gasteiger charge is -2.27. The smallest absolute Gasteiger partial charge is 0.276 e. The van der Waals surface area contributed by atoms with Gasteiger partial charge in [-0.3, -0.25) is 19.2 Å². The van der Waals surface area contributed by atoms with Gasteiger partial charge < -0.3 is 14.6 Å². The van der Waals surface area contributed by atoms with E-state index in [0.29, 0.717) is 23.6 Å². The van der Waals surface area contributed by atoms with E-state index in [0.717, 1.165) is 61.2 Å². The first-order valence-electron chi connectivity index (χ1n) is 12.8. The number of nitrogens with zero attached hydrogens (tertiary/aromatic N) is 5. The highest BCUT2D eigenvalue weighted by atomic mass is 35.5. The number of ether oxygens (including phenoxy) is 1. The molecule has 5 rings (SSSR count). The number of rotatable bonds is 9. The Hall–Kier alpha value is -3.53. The molecule has 1 amide bonds. The standard InChI is InChI=1S/C28H31ClN6O3/c1-33-26-22(3-2-9-35-10-8-30-19-35)15-21(18-34-11-13-38-14-12-34)16-24(26)27(36)25(32-33)28(37)31-17-20-4-6-23(29)7-5-20/h4-8,10,15-16,19H,2-3,9,11-14,17-18H2,1H3,(H,31,37). The molecule has 1 N–H and O–H groups in total. The number of carbonyl (C=O) groups excluding carboxylic acids is 1. The van der Waals surface area contributed by atoms with Crippen LogP contribution < -0.4 is 10.7 Å². The molecule has 2 aromatic heterocycles. The van der Waals surface area contributed by atoms with Crippen LogP contribution in [-0.2, 0) is 37.8 Å². The van der Waals surface area contributed by atoms with E-state index in [-0.39, 0.29) is 17.7 Å². The van der Waals surface area contributed by atoms with Gasteiger partial charge in [0.1, 0.15) is 0 Å². The average Bonchev–Trinajstić information content (AvgIpc) is 3.44. The third kappa shape index (κ3) is 6.12. The fourth-order valence-corrected chi connectivity index (χ4v) is 5.00. The van der Waals surface area contributed by atoms with Crippen molar-refractivity contribution in [2.75, 3.05) is 26.3 Å². The van der Waals surface area contributed by atoms with Crippen molar-refractivity contribution in [2.45, 2.75) is 32.5 Å². The molecule has 1 aliphatic rings. The van der Waals surface area contributed by atoms with E-state index < -0.39 is 5.91 Å². The van der Waals surface area contributed by atoms with Crippen molar-refractivity contribution >= 4 is 28.4 Å². The lowest BCUT2D eigenvalue weighted by atomic mass is 10.00. The number of hydrogen-bond donors (Lipinski definition) is 1. The van der Waals surface area contributed by atoms with Gasteiger partial charge in [0.2, 0.25) is 5.43 Å². The van der Waals surface area contributed by atoms with Crippen molar-refractivity contribution < 1.29 is 9.53 Å². The van der Waals surface area contributed by atoms with Gasteiger partial charge in [-0.15, -0.1) is 0 Å². The van der Waals surface area contributed by atoms with Gasteiger partial charge in [-0.25, -0.2) is 4.98 Å². The van der Waals surface area contributed by atoms with Crippen LogP contribution in [0.25, 0.3) is 10.9 Å². The van der Waals surface area contributed by atoms with Gasteiger partial charge in [0.05, 0.1) is 30.4 Å². The van der Waals surface area contributed by atoms with Crippen molar-refractivity contribution in [1.82, 2.24) is 29.5 Å². The predicted octanol–water partition coefficient (Wildman–Crippen LogP) is 3.18. The first kappa shape index (κ1) is 26.1. The average molecular weight is 535 g/mol. The van der Waals surface area contributed by atoms with Gasteiger partial charge >= 0.3 is 0 Å². The Balaban J connectivity index is 1.45. The van der Waals surface area contributed by atoms with Gasteiger partial charge in [0, 0.05) is 57.2 Å². The number of nitrogens with one attached hydrogen (secondary N) is 1. The molecule has 9 nitrogen and oxygen atoms in total. The van der Waals surface area contributed by atoms with Crippen LogP contribution in [0.2, 0.25) is 5.02 Å². The second kappa shape index (κ2) is 11.9. The number of amides is 1. The van der Waals surface area contributed by atoms with E-state index in [1.807, 2.05) is 29.0 Å². The van der Waals surface area contributed by atoms with E-state index in [4.69, 9.17) is 16.3 Å². The fraction of sp³-hybridized carbons (Fsp3) is 0.357. The molecule has 3 heterocycles. The summed E-state index contributed by atoms with van der Waals surface area (Å²) in [6.45, 7) is 4.92. The first-order chi connectivity index (χ1) is 18.5. The maximum atomic E-state index is 13.6. The van der Waals surface area contributed by atoms with Crippen molar-refractivity contribution in [3.8, 4) is 0 Å². The number of benzene rings is 2. The van der Waals surface area contributed by atoms with Gasteiger partial charge in [-0.2, -0.15) is 5.10 Å². The summed E-state index contributed by atoms with van der Waals surface area (Å²) in [6, 6.07) is 11.3. The Morgan fingerprint density at radius 1 is 1.13 bits per heavy atom. The maximum Gasteiger partial charge on any atom is 0.276 e. The van der Waals surface area contributed by atoms with E-state index in [1.165, 1.54) is 0 Å². The molecule has 0 bridgehead atoms. The van der Waals surface area contributed by atoms with Crippen LogP contribution in [0, 0.1) is 0 Å². The molecule has 0 radical (unpaired) electrons. The summed E-state index contributed by atoms with van der Waals surface area (Å²) in [5, 5.41) is 8.38. The minimum atomic E-state index is -0.498.